The summed E-state index contributed by atoms with van der Waals surface area (Å²) in [5.41, 5.74) is 3.13. The molecule has 0 bridgehead atoms. The molecule has 1 aromatic heterocycles. The SMILES string of the molecule is Cc1nc(-c2ccccc2)sc1C(=O)NCC1=CCNCC1. The van der Waals surface area contributed by atoms with Crippen molar-refractivity contribution in [2.24, 2.45) is 0 Å². The number of thiazole rings is 1. The second kappa shape index (κ2) is 6.85. The van der Waals surface area contributed by atoms with Gasteiger partial charge in [0.1, 0.15) is 9.88 Å². The third-order valence-electron chi connectivity index (χ3n) is 3.66. The maximum Gasteiger partial charge on any atom is 0.263 e. The van der Waals surface area contributed by atoms with E-state index in [1.54, 1.807) is 0 Å². The van der Waals surface area contributed by atoms with Crippen molar-refractivity contribution in [1.82, 2.24) is 15.6 Å². The van der Waals surface area contributed by atoms with Gasteiger partial charge < -0.3 is 10.6 Å². The topological polar surface area (TPSA) is 54.0 Å². The second-order valence-corrected chi connectivity index (χ2v) is 6.30. The zero-order valence-electron chi connectivity index (χ0n) is 12.6. The van der Waals surface area contributed by atoms with E-state index in [9.17, 15) is 4.79 Å². The molecular formula is C17H19N3OS. The molecule has 0 unspecified atom stereocenters. The molecule has 1 aliphatic heterocycles. The Morgan fingerprint density at radius 1 is 1.36 bits per heavy atom. The number of nitrogens with one attached hydrogen (secondary N) is 2. The highest BCUT2D eigenvalue weighted by Crippen LogP contribution is 2.27. The first-order valence-electron chi connectivity index (χ1n) is 7.43. The third-order valence-corrected chi connectivity index (χ3v) is 4.86. The minimum atomic E-state index is -0.0309. The van der Waals surface area contributed by atoms with E-state index >= 15 is 0 Å². The van der Waals surface area contributed by atoms with Crippen molar-refractivity contribution in [1.29, 1.82) is 0 Å². The van der Waals surface area contributed by atoms with Crippen molar-refractivity contribution in [2.45, 2.75) is 13.3 Å². The van der Waals surface area contributed by atoms with Gasteiger partial charge in [0.05, 0.1) is 5.69 Å². The fourth-order valence-corrected chi connectivity index (χ4v) is 3.40. The molecule has 114 valence electrons. The van der Waals surface area contributed by atoms with Crippen molar-refractivity contribution < 1.29 is 4.79 Å². The maximum absolute atomic E-state index is 12.4. The molecule has 1 amide bonds. The summed E-state index contributed by atoms with van der Waals surface area (Å²) in [7, 11) is 0. The predicted octanol–water partition coefficient (Wildman–Crippen LogP) is 2.77. The molecule has 0 radical (unpaired) electrons. The Morgan fingerprint density at radius 3 is 2.91 bits per heavy atom. The summed E-state index contributed by atoms with van der Waals surface area (Å²) in [5.74, 6) is -0.0309. The van der Waals surface area contributed by atoms with Crippen LogP contribution < -0.4 is 10.6 Å². The molecule has 2 N–H and O–H groups in total. The van der Waals surface area contributed by atoms with Crippen LogP contribution in [0, 0.1) is 6.92 Å². The molecule has 0 saturated heterocycles. The van der Waals surface area contributed by atoms with Gasteiger partial charge in [-0.05, 0) is 19.9 Å². The molecule has 1 aromatic carbocycles. The molecule has 1 aliphatic rings. The zero-order chi connectivity index (χ0) is 15.4. The lowest BCUT2D eigenvalue weighted by Gasteiger charge is -2.14. The number of hydrogen-bond acceptors (Lipinski definition) is 4. The number of aromatic nitrogens is 1. The molecule has 0 atom stereocenters. The van der Waals surface area contributed by atoms with Crippen molar-refractivity contribution in [2.75, 3.05) is 19.6 Å². The van der Waals surface area contributed by atoms with Gasteiger partial charge in [0.25, 0.3) is 5.91 Å². The summed E-state index contributed by atoms with van der Waals surface area (Å²) < 4.78 is 0. The normalized spacial score (nSPS) is 14.5. The Labute approximate surface area is 134 Å². The first-order valence-corrected chi connectivity index (χ1v) is 8.25. The summed E-state index contributed by atoms with van der Waals surface area (Å²) in [6, 6.07) is 9.97. The molecule has 22 heavy (non-hydrogen) atoms. The van der Waals surface area contributed by atoms with Crippen molar-refractivity contribution in [3.8, 4) is 10.6 Å². The summed E-state index contributed by atoms with van der Waals surface area (Å²) in [6.07, 6.45) is 3.15. The zero-order valence-corrected chi connectivity index (χ0v) is 13.4. The van der Waals surface area contributed by atoms with Crippen LogP contribution in [-0.2, 0) is 0 Å². The van der Waals surface area contributed by atoms with Gasteiger partial charge in [-0.2, -0.15) is 0 Å². The highest BCUT2D eigenvalue weighted by molar-refractivity contribution is 7.17. The second-order valence-electron chi connectivity index (χ2n) is 5.30. The molecule has 4 nitrogen and oxygen atoms in total. The van der Waals surface area contributed by atoms with Crippen LogP contribution in [0.25, 0.3) is 10.6 Å². The fraction of sp³-hybridized carbons (Fsp3) is 0.294. The molecule has 2 aromatic rings. The summed E-state index contributed by atoms with van der Waals surface area (Å²) in [4.78, 5) is 17.6. The Morgan fingerprint density at radius 2 is 2.18 bits per heavy atom. The minimum Gasteiger partial charge on any atom is -0.348 e. The van der Waals surface area contributed by atoms with Gasteiger partial charge in [-0.1, -0.05) is 42.0 Å². The monoisotopic (exact) mass is 313 g/mol. The van der Waals surface area contributed by atoms with Gasteiger partial charge in [-0.25, -0.2) is 4.98 Å². The lowest BCUT2D eigenvalue weighted by molar-refractivity contribution is 0.0960. The van der Waals surface area contributed by atoms with E-state index in [-0.39, 0.29) is 5.91 Å². The fourth-order valence-electron chi connectivity index (χ4n) is 2.42. The smallest absolute Gasteiger partial charge is 0.263 e. The third kappa shape index (κ3) is 3.43. The average Bonchev–Trinajstić information content (AvgIpc) is 2.96. The van der Waals surface area contributed by atoms with E-state index < -0.39 is 0 Å². The molecule has 0 spiro atoms. The molecule has 0 aliphatic carbocycles. The van der Waals surface area contributed by atoms with Gasteiger partial charge in [0, 0.05) is 18.7 Å². The molecule has 5 heteroatoms. The first-order chi connectivity index (χ1) is 10.7. The summed E-state index contributed by atoms with van der Waals surface area (Å²) in [6.45, 7) is 4.39. The van der Waals surface area contributed by atoms with Crippen LogP contribution >= 0.6 is 11.3 Å². The number of nitrogens with zero attached hydrogens (tertiary/aromatic N) is 1. The van der Waals surface area contributed by atoms with E-state index in [0.29, 0.717) is 11.4 Å². The van der Waals surface area contributed by atoms with E-state index in [0.717, 1.165) is 35.8 Å². The standard InChI is InChI=1S/C17H19N3OS/c1-12-15(16(21)19-11-13-7-9-18-10-8-13)22-17(20-12)14-5-3-2-4-6-14/h2-7,18H,8-11H2,1H3,(H,19,21). The number of carbonyl (C=O) groups excluding carboxylic acids is 1. The Balaban J connectivity index is 1.70. The number of carbonyl (C=O) groups is 1. The molecular weight excluding hydrogens is 294 g/mol. The average molecular weight is 313 g/mol. The van der Waals surface area contributed by atoms with Gasteiger partial charge in [0.2, 0.25) is 0 Å². The summed E-state index contributed by atoms with van der Waals surface area (Å²) >= 11 is 1.45. The molecule has 2 heterocycles. The first kappa shape index (κ1) is 14.9. The summed E-state index contributed by atoms with van der Waals surface area (Å²) in [5, 5.41) is 7.17. The lowest BCUT2D eigenvalue weighted by Crippen LogP contribution is -2.29. The lowest BCUT2D eigenvalue weighted by atomic mass is 10.1. The van der Waals surface area contributed by atoms with Crippen LogP contribution in [0.15, 0.2) is 42.0 Å². The van der Waals surface area contributed by atoms with E-state index in [2.05, 4.69) is 21.7 Å². The van der Waals surface area contributed by atoms with Crippen LogP contribution in [0.1, 0.15) is 21.8 Å². The predicted molar refractivity (Wildman–Crippen MR) is 90.2 cm³/mol. The highest BCUT2D eigenvalue weighted by Gasteiger charge is 2.16. The molecule has 3 rings (SSSR count). The van der Waals surface area contributed by atoms with Crippen LogP contribution in [0.4, 0.5) is 0 Å². The Hall–Kier alpha value is -1.98. The van der Waals surface area contributed by atoms with Gasteiger partial charge in [-0.15, -0.1) is 11.3 Å². The van der Waals surface area contributed by atoms with Gasteiger partial charge in [0.15, 0.2) is 0 Å². The van der Waals surface area contributed by atoms with E-state index in [1.807, 2.05) is 37.3 Å². The van der Waals surface area contributed by atoms with Crippen LogP contribution in [0.5, 0.6) is 0 Å². The van der Waals surface area contributed by atoms with Crippen molar-refractivity contribution >= 4 is 17.2 Å². The Bertz CT molecular complexity index is 691. The van der Waals surface area contributed by atoms with E-state index in [1.165, 1.54) is 16.9 Å². The number of rotatable bonds is 4. The van der Waals surface area contributed by atoms with Crippen molar-refractivity contribution in [3.63, 3.8) is 0 Å². The highest BCUT2D eigenvalue weighted by atomic mass is 32.1. The minimum absolute atomic E-state index is 0.0309. The number of benzene rings is 1. The van der Waals surface area contributed by atoms with Gasteiger partial charge in [-0.3, -0.25) is 4.79 Å². The largest absolute Gasteiger partial charge is 0.348 e. The van der Waals surface area contributed by atoms with E-state index in [4.69, 9.17) is 0 Å². The maximum atomic E-state index is 12.4. The number of hydrogen-bond donors (Lipinski definition) is 2. The van der Waals surface area contributed by atoms with Crippen molar-refractivity contribution in [3.05, 3.63) is 52.6 Å². The Kier molecular flexibility index (Phi) is 4.65. The van der Waals surface area contributed by atoms with Crippen LogP contribution in [0.2, 0.25) is 0 Å². The number of aryl methyl sites for hydroxylation is 1. The van der Waals surface area contributed by atoms with Crippen LogP contribution in [-0.4, -0.2) is 30.5 Å². The van der Waals surface area contributed by atoms with Gasteiger partial charge >= 0.3 is 0 Å². The number of amides is 1. The quantitative estimate of drug-likeness (QED) is 0.854. The van der Waals surface area contributed by atoms with Crippen LogP contribution in [0.3, 0.4) is 0 Å². The molecule has 0 saturated carbocycles. The molecule has 0 fully saturated rings.